The van der Waals surface area contributed by atoms with Gasteiger partial charge in [0.2, 0.25) is 0 Å². The van der Waals surface area contributed by atoms with Crippen LogP contribution in [0.2, 0.25) is 0 Å². The van der Waals surface area contributed by atoms with Crippen molar-refractivity contribution >= 4 is 28.6 Å². The van der Waals surface area contributed by atoms with Crippen LogP contribution in [0.4, 0.5) is 11.4 Å². The van der Waals surface area contributed by atoms with Gasteiger partial charge in [0.05, 0.1) is 30.7 Å². The van der Waals surface area contributed by atoms with E-state index in [0.717, 1.165) is 83.5 Å². The van der Waals surface area contributed by atoms with E-state index >= 15 is 0 Å². The predicted molar refractivity (Wildman–Crippen MR) is 163 cm³/mol. The summed E-state index contributed by atoms with van der Waals surface area (Å²) in [5.41, 5.74) is 15.0. The fraction of sp³-hybridized carbons (Fsp3) is 0.406. The van der Waals surface area contributed by atoms with E-state index in [1.807, 2.05) is 47.2 Å². The molecule has 5 aromatic rings. The van der Waals surface area contributed by atoms with Crippen molar-refractivity contribution in [2.75, 3.05) is 12.8 Å². The number of nitrogens with zero attached hydrogens (tertiary/aromatic N) is 8. The van der Waals surface area contributed by atoms with Crippen molar-refractivity contribution in [3.05, 3.63) is 53.6 Å². The topological polar surface area (TPSA) is 114 Å². The fourth-order valence-corrected chi connectivity index (χ4v) is 6.21. The van der Waals surface area contributed by atoms with Gasteiger partial charge in [0.1, 0.15) is 11.5 Å². The number of hydrogen-bond acceptors (Lipinski definition) is 7. The van der Waals surface area contributed by atoms with Crippen molar-refractivity contribution in [2.24, 2.45) is 19.1 Å². The van der Waals surface area contributed by atoms with Crippen LogP contribution in [-0.4, -0.2) is 47.4 Å². The first-order valence-electron chi connectivity index (χ1n) is 15.0. The van der Waals surface area contributed by atoms with E-state index in [0.29, 0.717) is 35.1 Å². The van der Waals surface area contributed by atoms with E-state index < -0.39 is 0 Å². The Balaban J connectivity index is 1.25. The van der Waals surface area contributed by atoms with Crippen LogP contribution in [-0.2, 0) is 14.1 Å². The van der Waals surface area contributed by atoms with E-state index in [2.05, 4.69) is 33.9 Å². The van der Waals surface area contributed by atoms with Gasteiger partial charge < -0.3 is 15.0 Å². The summed E-state index contributed by atoms with van der Waals surface area (Å²) >= 11 is 0. The molecule has 8 rings (SSSR count). The normalized spacial score (nSPS) is 17.4. The van der Waals surface area contributed by atoms with E-state index in [-0.39, 0.29) is 0 Å². The summed E-state index contributed by atoms with van der Waals surface area (Å²) in [7, 11) is 5.72. The number of nitrogen functional groups attached to an aromatic ring is 1. The standard InChI is InChI=1S/C32H35N9O/c1-39-16-20-14-23(27(18-10-11-18)35-30(20)37-39)31-36-28(29(40(31)2)19-12-13-19)22-8-5-9-25(33)24(22)15-34-26-17-41(21-6-4-7-21)38-32(26)42-3/h5,8-9,14-19,21H,4,6-7,10-13,33H2,1-3H3. The molecular formula is C32H35N9O. The Kier molecular flexibility index (Phi) is 5.74. The molecule has 0 bridgehead atoms. The number of imidazole rings is 1. The predicted octanol–water partition coefficient (Wildman–Crippen LogP) is 6.05. The number of hydrogen-bond donors (Lipinski definition) is 1. The van der Waals surface area contributed by atoms with Crippen molar-refractivity contribution < 1.29 is 4.74 Å². The highest BCUT2D eigenvalue weighted by Crippen LogP contribution is 2.49. The molecule has 4 heterocycles. The number of nitrogens with two attached hydrogens (primary N) is 1. The summed E-state index contributed by atoms with van der Waals surface area (Å²) in [4.78, 5) is 15.3. The number of aromatic nitrogens is 7. The molecule has 0 amide bonds. The molecule has 0 unspecified atom stereocenters. The van der Waals surface area contributed by atoms with Gasteiger partial charge in [0, 0.05) is 71.8 Å². The molecule has 3 fully saturated rings. The molecule has 214 valence electrons. The number of benzene rings is 1. The molecule has 1 aromatic carbocycles. The van der Waals surface area contributed by atoms with Crippen molar-refractivity contribution in [2.45, 2.75) is 62.8 Å². The first kappa shape index (κ1) is 25.3. The molecule has 3 aliphatic carbocycles. The van der Waals surface area contributed by atoms with Crippen LogP contribution in [0, 0.1) is 0 Å². The summed E-state index contributed by atoms with van der Waals surface area (Å²) < 4.78 is 11.7. The third kappa shape index (κ3) is 4.19. The second-order valence-electron chi connectivity index (χ2n) is 12.1. The van der Waals surface area contributed by atoms with Crippen LogP contribution >= 0.6 is 0 Å². The van der Waals surface area contributed by atoms with Gasteiger partial charge in [-0.2, -0.15) is 5.10 Å². The van der Waals surface area contributed by atoms with Crippen LogP contribution in [0.15, 0.2) is 41.7 Å². The number of aliphatic imine (C=N–C) groups is 1. The molecule has 0 atom stereocenters. The Morgan fingerprint density at radius 2 is 1.79 bits per heavy atom. The zero-order valence-corrected chi connectivity index (χ0v) is 24.3. The van der Waals surface area contributed by atoms with Gasteiger partial charge in [-0.25, -0.2) is 15.0 Å². The van der Waals surface area contributed by atoms with Crippen LogP contribution < -0.4 is 10.5 Å². The minimum Gasteiger partial charge on any atom is -0.478 e. The van der Waals surface area contributed by atoms with Crippen LogP contribution in [0.1, 0.15) is 79.8 Å². The van der Waals surface area contributed by atoms with Crippen LogP contribution in [0.3, 0.4) is 0 Å². The largest absolute Gasteiger partial charge is 0.478 e. The number of anilines is 1. The Bertz CT molecular complexity index is 1860. The van der Waals surface area contributed by atoms with E-state index in [9.17, 15) is 0 Å². The average molecular weight is 562 g/mol. The fourth-order valence-electron chi connectivity index (χ4n) is 6.21. The van der Waals surface area contributed by atoms with Crippen LogP contribution in [0.5, 0.6) is 5.88 Å². The maximum Gasteiger partial charge on any atom is 0.258 e. The number of ether oxygens (including phenoxy) is 1. The molecule has 10 nitrogen and oxygen atoms in total. The summed E-state index contributed by atoms with van der Waals surface area (Å²) in [6, 6.07) is 8.68. The molecular weight excluding hydrogens is 526 g/mol. The Labute approximate surface area is 244 Å². The zero-order chi connectivity index (χ0) is 28.5. The third-order valence-electron chi connectivity index (χ3n) is 9.00. The number of pyridine rings is 1. The average Bonchev–Trinajstić information content (AvgIpc) is 3.87. The molecule has 0 aliphatic heterocycles. The molecule has 4 aromatic heterocycles. The molecule has 3 aliphatic rings. The van der Waals surface area contributed by atoms with Crippen molar-refractivity contribution in [3.63, 3.8) is 0 Å². The molecule has 2 N–H and O–H groups in total. The first-order chi connectivity index (χ1) is 20.5. The van der Waals surface area contributed by atoms with Gasteiger partial charge in [-0.15, -0.1) is 5.10 Å². The lowest BCUT2D eigenvalue weighted by molar-refractivity contribution is 0.280. The van der Waals surface area contributed by atoms with Gasteiger partial charge in [-0.05, 0) is 57.1 Å². The molecule has 10 heteroatoms. The number of methoxy groups -OCH3 is 1. The van der Waals surface area contributed by atoms with Gasteiger partial charge in [-0.1, -0.05) is 12.1 Å². The SMILES string of the molecule is COc1nn(C2CCC2)cc1N=Cc1c(N)cccc1-c1nc(-c2cc3cn(C)nc3nc2C2CC2)n(C)c1C1CC1. The van der Waals surface area contributed by atoms with E-state index in [1.54, 1.807) is 7.11 Å². The lowest BCUT2D eigenvalue weighted by atomic mass is 9.93. The monoisotopic (exact) mass is 561 g/mol. The maximum atomic E-state index is 6.61. The van der Waals surface area contributed by atoms with E-state index in [4.69, 9.17) is 25.4 Å². The summed E-state index contributed by atoms with van der Waals surface area (Å²) in [6.07, 6.45) is 14.0. The Hall–Kier alpha value is -4.47. The summed E-state index contributed by atoms with van der Waals surface area (Å²) in [5, 5.41) is 10.2. The number of rotatable bonds is 8. The highest BCUT2D eigenvalue weighted by Gasteiger charge is 2.35. The second kappa shape index (κ2) is 9.54. The lowest BCUT2D eigenvalue weighted by Gasteiger charge is -2.25. The van der Waals surface area contributed by atoms with Crippen molar-refractivity contribution in [1.29, 1.82) is 0 Å². The number of aryl methyl sites for hydroxylation is 1. The smallest absolute Gasteiger partial charge is 0.258 e. The Morgan fingerprint density at radius 1 is 0.976 bits per heavy atom. The van der Waals surface area contributed by atoms with E-state index in [1.165, 1.54) is 12.1 Å². The second-order valence-corrected chi connectivity index (χ2v) is 12.1. The highest BCUT2D eigenvalue weighted by molar-refractivity contribution is 5.97. The molecule has 0 spiro atoms. The molecule has 3 saturated carbocycles. The van der Waals surface area contributed by atoms with Crippen LogP contribution in [0.25, 0.3) is 33.7 Å². The van der Waals surface area contributed by atoms with Crippen molar-refractivity contribution in [1.82, 2.24) is 34.1 Å². The maximum absolute atomic E-state index is 6.61. The van der Waals surface area contributed by atoms with Gasteiger partial charge >= 0.3 is 0 Å². The minimum atomic E-state index is 0.425. The summed E-state index contributed by atoms with van der Waals surface area (Å²) in [5.74, 6) is 2.40. The third-order valence-corrected chi connectivity index (χ3v) is 9.00. The minimum absolute atomic E-state index is 0.425. The zero-order valence-electron chi connectivity index (χ0n) is 24.3. The lowest BCUT2D eigenvalue weighted by Crippen LogP contribution is -2.17. The highest BCUT2D eigenvalue weighted by atomic mass is 16.5. The van der Waals surface area contributed by atoms with Gasteiger partial charge in [-0.3, -0.25) is 9.36 Å². The first-order valence-corrected chi connectivity index (χ1v) is 15.0. The number of fused-ring (bicyclic) bond motifs is 1. The molecule has 0 radical (unpaired) electrons. The molecule has 42 heavy (non-hydrogen) atoms. The molecule has 0 saturated heterocycles. The Morgan fingerprint density at radius 3 is 2.50 bits per heavy atom. The van der Waals surface area contributed by atoms with Crippen molar-refractivity contribution in [3.8, 4) is 28.5 Å². The van der Waals surface area contributed by atoms with Gasteiger partial charge in [0.25, 0.3) is 5.88 Å². The summed E-state index contributed by atoms with van der Waals surface area (Å²) in [6.45, 7) is 0. The van der Waals surface area contributed by atoms with Gasteiger partial charge in [0.15, 0.2) is 5.65 Å². The quantitative estimate of drug-likeness (QED) is 0.182.